The van der Waals surface area contributed by atoms with Crippen molar-refractivity contribution in [3.8, 4) is 0 Å². The number of amides is 9. The number of benzene rings is 3. The Kier molecular flexibility index (Phi) is 5.54. The molecule has 12 nitrogen and oxygen atoms in total. The fourth-order valence-corrected chi connectivity index (χ4v) is 5.64. The molecule has 0 saturated carbocycles. The van der Waals surface area contributed by atoms with Gasteiger partial charge in [0.1, 0.15) is 17.3 Å². The molecule has 2 atom stereocenters. The van der Waals surface area contributed by atoms with Crippen molar-refractivity contribution in [1.29, 1.82) is 0 Å². The number of rotatable bonds is 4. The average Bonchev–Trinajstić information content (AvgIpc) is 3.21. The van der Waals surface area contributed by atoms with Crippen LogP contribution in [0.3, 0.4) is 0 Å². The highest BCUT2D eigenvalue weighted by atomic mass is 16.2. The lowest BCUT2D eigenvalue weighted by Crippen LogP contribution is -2.72. The Balaban J connectivity index is 1.59. The second-order valence-electron chi connectivity index (χ2n) is 9.34. The van der Waals surface area contributed by atoms with Gasteiger partial charge in [-0.3, -0.25) is 34.6 Å². The smallest absolute Gasteiger partial charge is 0.325 e. The fraction of sp³-hybridized carbons (Fsp3) is 0.107. The van der Waals surface area contributed by atoms with E-state index >= 15 is 0 Å². The van der Waals surface area contributed by atoms with E-state index in [1.807, 2.05) is 0 Å². The Morgan fingerprint density at radius 2 is 0.950 bits per heavy atom. The van der Waals surface area contributed by atoms with Gasteiger partial charge in [0.15, 0.2) is 0 Å². The van der Waals surface area contributed by atoms with E-state index in [1.54, 1.807) is 42.5 Å². The maximum absolute atomic E-state index is 14.1. The molecule has 2 saturated heterocycles. The summed E-state index contributed by atoms with van der Waals surface area (Å²) < 4.78 is 0. The van der Waals surface area contributed by atoms with Crippen LogP contribution in [0.4, 0.5) is 26.7 Å². The minimum absolute atomic E-state index is 0.0201. The summed E-state index contributed by atoms with van der Waals surface area (Å²) in [6.45, 7) is 0. The predicted molar refractivity (Wildman–Crippen MR) is 139 cm³/mol. The van der Waals surface area contributed by atoms with Gasteiger partial charge in [-0.15, -0.1) is 0 Å². The third-order valence-electron chi connectivity index (χ3n) is 7.26. The van der Waals surface area contributed by atoms with E-state index in [2.05, 4.69) is 16.0 Å². The highest BCUT2D eigenvalue weighted by Gasteiger charge is 2.69. The molecule has 3 heterocycles. The molecule has 0 radical (unpaired) electrons. The standard InChI is InChI=1S/C28H19N5O7/c34-21-19(23(36)32(26(39)30-21)15-9-3-1-4-10-15)28(17-13-7-8-14-18(17)29-25(28)38)20-22(35)31-27(40)33(24(20)37)16-11-5-2-6-12-16/h1-14,19-20H,(H,29,38)(H,30,34,39)(H,31,35,40). The van der Waals surface area contributed by atoms with E-state index in [-0.39, 0.29) is 22.6 Å². The van der Waals surface area contributed by atoms with Crippen molar-refractivity contribution < 1.29 is 33.6 Å². The van der Waals surface area contributed by atoms with E-state index in [4.69, 9.17) is 0 Å². The summed E-state index contributed by atoms with van der Waals surface area (Å²) in [5.74, 6) is -9.64. The monoisotopic (exact) mass is 537 g/mol. The maximum Gasteiger partial charge on any atom is 0.335 e. The molecule has 0 spiro atoms. The summed E-state index contributed by atoms with van der Waals surface area (Å²) in [5, 5.41) is 6.80. The van der Waals surface area contributed by atoms with Crippen LogP contribution < -0.4 is 25.8 Å². The molecule has 9 amide bonds. The lowest BCUT2D eigenvalue weighted by molar-refractivity contribution is -0.150. The second kappa shape index (κ2) is 8.98. The number of para-hydroxylation sites is 3. The largest absolute Gasteiger partial charge is 0.335 e. The molecule has 3 N–H and O–H groups in total. The van der Waals surface area contributed by atoms with Crippen molar-refractivity contribution >= 4 is 58.7 Å². The Hall–Kier alpha value is -5.65. The van der Waals surface area contributed by atoms with Crippen LogP contribution in [-0.4, -0.2) is 41.6 Å². The normalized spacial score (nSPS) is 24.4. The number of anilines is 3. The predicted octanol–water partition coefficient (Wildman–Crippen LogP) is 1.67. The molecular weight excluding hydrogens is 518 g/mol. The van der Waals surface area contributed by atoms with Crippen LogP contribution in [0.2, 0.25) is 0 Å². The zero-order valence-corrected chi connectivity index (χ0v) is 20.5. The molecule has 2 unspecified atom stereocenters. The number of hydrogen-bond acceptors (Lipinski definition) is 7. The third-order valence-corrected chi connectivity index (χ3v) is 7.26. The van der Waals surface area contributed by atoms with Crippen molar-refractivity contribution in [1.82, 2.24) is 10.6 Å². The lowest BCUT2D eigenvalue weighted by atomic mass is 9.60. The van der Waals surface area contributed by atoms with Gasteiger partial charge in [-0.2, -0.15) is 0 Å². The molecule has 3 aromatic carbocycles. The van der Waals surface area contributed by atoms with Crippen molar-refractivity contribution in [2.24, 2.45) is 11.8 Å². The molecule has 3 aliphatic rings. The van der Waals surface area contributed by atoms with Crippen molar-refractivity contribution in [2.45, 2.75) is 5.41 Å². The van der Waals surface area contributed by atoms with Gasteiger partial charge in [0.25, 0.3) is 0 Å². The molecule has 12 heteroatoms. The number of fused-ring (bicyclic) bond motifs is 1. The number of carbonyl (C=O) groups is 7. The third kappa shape index (κ3) is 3.35. The summed E-state index contributed by atoms with van der Waals surface area (Å²) in [5.41, 5.74) is -2.07. The first kappa shape index (κ1) is 24.7. The number of imide groups is 4. The molecule has 2 fully saturated rings. The molecule has 0 aromatic heterocycles. The Labute approximate surface area is 225 Å². The van der Waals surface area contributed by atoms with Gasteiger partial charge >= 0.3 is 12.1 Å². The Morgan fingerprint density at radius 3 is 1.43 bits per heavy atom. The first-order valence-electron chi connectivity index (χ1n) is 12.2. The van der Waals surface area contributed by atoms with Crippen LogP contribution in [0.5, 0.6) is 0 Å². The number of nitrogens with one attached hydrogen (secondary N) is 3. The van der Waals surface area contributed by atoms with Crippen molar-refractivity contribution in [3.05, 3.63) is 90.5 Å². The van der Waals surface area contributed by atoms with Crippen LogP contribution in [0.1, 0.15) is 5.56 Å². The fourth-order valence-electron chi connectivity index (χ4n) is 5.64. The van der Waals surface area contributed by atoms with Gasteiger partial charge in [0.2, 0.25) is 29.5 Å². The van der Waals surface area contributed by atoms with Crippen LogP contribution in [0, 0.1) is 11.8 Å². The molecule has 0 aliphatic carbocycles. The molecule has 0 bridgehead atoms. The summed E-state index contributed by atoms with van der Waals surface area (Å²) >= 11 is 0. The zero-order valence-electron chi connectivity index (χ0n) is 20.5. The van der Waals surface area contributed by atoms with Gasteiger partial charge in [-0.05, 0) is 35.9 Å². The second-order valence-corrected chi connectivity index (χ2v) is 9.34. The average molecular weight is 537 g/mol. The topological polar surface area (TPSA) is 162 Å². The molecule has 40 heavy (non-hydrogen) atoms. The minimum atomic E-state index is -2.46. The van der Waals surface area contributed by atoms with Crippen LogP contribution in [-0.2, 0) is 29.4 Å². The molecule has 3 aromatic rings. The molecule has 6 rings (SSSR count). The van der Waals surface area contributed by atoms with E-state index in [1.165, 1.54) is 42.5 Å². The first-order valence-corrected chi connectivity index (χ1v) is 12.2. The SMILES string of the molecule is O=C1NC(=O)N(c2ccccc2)C(=O)C1C1(C2C(=O)NC(=O)N(c3ccccc3)C2=O)C(=O)Nc2ccccc21. The lowest BCUT2D eigenvalue weighted by Gasteiger charge is -2.44. The Bertz CT molecular complexity index is 1550. The molecular formula is C28H19N5O7. The summed E-state index contributed by atoms with van der Waals surface area (Å²) in [6, 6.07) is 19.3. The van der Waals surface area contributed by atoms with Gasteiger partial charge < -0.3 is 5.32 Å². The van der Waals surface area contributed by atoms with E-state index < -0.39 is 58.8 Å². The van der Waals surface area contributed by atoms with Crippen LogP contribution >= 0.6 is 0 Å². The number of urea groups is 2. The zero-order chi connectivity index (χ0) is 28.2. The highest BCUT2D eigenvalue weighted by Crippen LogP contribution is 2.51. The van der Waals surface area contributed by atoms with Crippen LogP contribution in [0.15, 0.2) is 84.9 Å². The summed E-state index contributed by atoms with van der Waals surface area (Å²) in [6.07, 6.45) is 0. The van der Waals surface area contributed by atoms with Crippen molar-refractivity contribution in [2.75, 3.05) is 15.1 Å². The van der Waals surface area contributed by atoms with Gasteiger partial charge in [0, 0.05) is 5.69 Å². The number of barbiturate groups is 2. The van der Waals surface area contributed by atoms with E-state index in [0.717, 1.165) is 0 Å². The Morgan fingerprint density at radius 1 is 0.525 bits per heavy atom. The minimum Gasteiger partial charge on any atom is -0.325 e. The van der Waals surface area contributed by atoms with Gasteiger partial charge in [-0.25, -0.2) is 19.4 Å². The van der Waals surface area contributed by atoms with Crippen LogP contribution in [0.25, 0.3) is 0 Å². The summed E-state index contributed by atoms with van der Waals surface area (Å²) in [4.78, 5) is 96.4. The number of hydrogen-bond donors (Lipinski definition) is 3. The van der Waals surface area contributed by atoms with Gasteiger partial charge in [-0.1, -0.05) is 54.6 Å². The summed E-state index contributed by atoms with van der Waals surface area (Å²) in [7, 11) is 0. The maximum atomic E-state index is 14.1. The quantitative estimate of drug-likeness (QED) is 0.427. The molecule has 3 aliphatic heterocycles. The first-order chi connectivity index (χ1) is 19.3. The van der Waals surface area contributed by atoms with E-state index in [0.29, 0.717) is 9.80 Å². The number of nitrogens with zero attached hydrogens (tertiary/aromatic N) is 2. The highest BCUT2D eigenvalue weighted by molar-refractivity contribution is 6.35. The van der Waals surface area contributed by atoms with Crippen molar-refractivity contribution in [3.63, 3.8) is 0 Å². The van der Waals surface area contributed by atoms with E-state index in [9.17, 15) is 33.6 Å². The van der Waals surface area contributed by atoms with Gasteiger partial charge in [0.05, 0.1) is 11.4 Å². The number of carbonyl (C=O) groups excluding carboxylic acids is 7. The molecule has 198 valence electrons.